The molecule has 0 aliphatic carbocycles. The lowest BCUT2D eigenvalue weighted by atomic mass is 10.1. The van der Waals surface area contributed by atoms with Crippen LogP contribution < -0.4 is 20.3 Å². The molecule has 0 radical (unpaired) electrons. The van der Waals surface area contributed by atoms with Crippen LogP contribution in [0.25, 0.3) is 11.1 Å². The van der Waals surface area contributed by atoms with Gasteiger partial charge in [-0.05, 0) is 61.4 Å². The number of nitrogens with one attached hydrogen (secondary N) is 2. The van der Waals surface area contributed by atoms with Gasteiger partial charge in [0.05, 0.1) is 12.2 Å². The minimum atomic E-state index is -0.834. The van der Waals surface area contributed by atoms with Gasteiger partial charge in [-0.2, -0.15) is 0 Å². The molecule has 0 saturated carbocycles. The van der Waals surface area contributed by atoms with Crippen molar-refractivity contribution in [2.75, 3.05) is 13.2 Å². The summed E-state index contributed by atoms with van der Waals surface area (Å²) in [6.07, 6.45) is -0.834. The molecular weight excluding hydrogens is 436 g/mol. The number of amides is 2. The lowest BCUT2D eigenvalue weighted by molar-refractivity contribution is -0.133. The highest BCUT2D eigenvalue weighted by atomic mass is 16.5. The van der Waals surface area contributed by atoms with Crippen LogP contribution in [0.15, 0.2) is 78.9 Å². The van der Waals surface area contributed by atoms with Gasteiger partial charge in [-0.1, -0.05) is 42.5 Å². The number of hydrazine groups is 1. The first-order chi connectivity index (χ1) is 16.5. The number of benzene rings is 3. The molecule has 0 bridgehead atoms. The van der Waals surface area contributed by atoms with Crippen LogP contribution in [0.3, 0.4) is 0 Å². The molecule has 0 fully saturated rings. The molecule has 0 spiro atoms. The van der Waals surface area contributed by atoms with Crippen molar-refractivity contribution >= 4 is 17.8 Å². The Bertz CT molecular complexity index is 1100. The Morgan fingerprint density at radius 1 is 0.794 bits per heavy atom. The van der Waals surface area contributed by atoms with Gasteiger partial charge in [0, 0.05) is 0 Å². The molecule has 0 heterocycles. The maximum atomic E-state index is 12.2. The van der Waals surface area contributed by atoms with Gasteiger partial charge < -0.3 is 14.2 Å². The number of hydrogen-bond donors (Lipinski definition) is 2. The third-order valence-electron chi connectivity index (χ3n) is 4.70. The average Bonchev–Trinajstić information content (AvgIpc) is 2.87. The summed E-state index contributed by atoms with van der Waals surface area (Å²) < 4.78 is 15.9. The van der Waals surface area contributed by atoms with Gasteiger partial charge >= 0.3 is 5.97 Å². The minimum absolute atomic E-state index is 0.285. The average molecular weight is 463 g/mol. The number of carbonyl (C=O) groups is 3. The molecule has 2 amide bonds. The fourth-order valence-electron chi connectivity index (χ4n) is 2.93. The number of rotatable bonds is 9. The van der Waals surface area contributed by atoms with E-state index in [9.17, 15) is 14.4 Å². The van der Waals surface area contributed by atoms with Gasteiger partial charge in [0.2, 0.25) is 0 Å². The summed E-state index contributed by atoms with van der Waals surface area (Å²) in [5.74, 6) is -0.576. The molecule has 3 rings (SSSR count). The molecule has 0 aliphatic heterocycles. The number of esters is 1. The van der Waals surface area contributed by atoms with Crippen molar-refractivity contribution in [2.24, 2.45) is 0 Å². The number of ether oxygens (including phenoxy) is 3. The van der Waals surface area contributed by atoms with Crippen LogP contribution in [-0.4, -0.2) is 37.1 Å². The highest BCUT2D eigenvalue weighted by molar-refractivity contribution is 5.89. The third-order valence-corrected chi connectivity index (χ3v) is 4.70. The molecular formula is C26H26N2O6. The minimum Gasteiger partial charge on any atom is -0.484 e. The fourth-order valence-corrected chi connectivity index (χ4v) is 2.93. The van der Waals surface area contributed by atoms with Crippen LogP contribution in [0.4, 0.5) is 0 Å². The highest BCUT2D eigenvalue weighted by Crippen LogP contribution is 2.22. The molecule has 3 aromatic rings. The Morgan fingerprint density at radius 2 is 1.41 bits per heavy atom. The molecule has 0 aliphatic rings. The van der Waals surface area contributed by atoms with E-state index in [-0.39, 0.29) is 13.2 Å². The van der Waals surface area contributed by atoms with Crippen LogP contribution in [0, 0.1) is 0 Å². The van der Waals surface area contributed by atoms with Crippen molar-refractivity contribution in [2.45, 2.75) is 20.0 Å². The van der Waals surface area contributed by atoms with E-state index in [2.05, 4.69) is 10.9 Å². The van der Waals surface area contributed by atoms with E-state index in [1.165, 1.54) is 0 Å². The summed E-state index contributed by atoms with van der Waals surface area (Å²) >= 11 is 0. The first kappa shape index (κ1) is 24.3. The predicted molar refractivity (Wildman–Crippen MR) is 126 cm³/mol. The van der Waals surface area contributed by atoms with Gasteiger partial charge in [0.15, 0.2) is 12.7 Å². The van der Waals surface area contributed by atoms with Gasteiger partial charge in [0.25, 0.3) is 11.8 Å². The lowest BCUT2D eigenvalue weighted by Crippen LogP contribution is -2.48. The van der Waals surface area contributed by atoms with Crippen molar-refractivity contribution in [1.29, 1.82) is 0 Å². The molecule has 34 heavy (non-hydrogen) atoms. The van der Waals surface area contributed by atoms with Crippen molar-refractivity contribution < 1.29 is 28.6 Å². The SMILES string of the molecule is CCOC(=O)c1ccc(OCC(=O)NNC(=O)C(C)Oc2ccc(-c3ccccc3)cc2)cc1. The van der Waals surface area contributed by atoms with E-state index in [1.807, 2.05) is 42.5 Å². The zero-order valence-electron chi connectivity index (χ0n) is 18.9. The normalized spacial score (nSPS) is 11.1. The third kappa shape index (κ3) is 7.09. The quantitative estimate of drug-likeness (QED) is 0.373. The van der Waals surface area contributed by atoms with Crippen molar-refractivity contribution in [3.05, 3.63) is 84.4 Å². The second-order valence-corrected chi connectivity index (χ2v) is 7.22. The standard InChI is InChI=1S/C26H26N2O6/c1-3-32-26(31)21-11-13-22(14-12-21)33-17-24(29)27-28-25(30)18(2)34-23-15-9-20(10-16-23)19-7-5-4-6-8-19/h4-16,18H,3,17H2,1-2H3,(H,27,29)(H,28,30). The van der Waals surface area contributed by atoms with Crippen LogP contribution in [-0.2, 0) is 14.3 Å². The summed E-state index contributed by atoms with van der Waals surface area (Å²) in [5.41, 5.74) is 7.09. The summed E-state index contributed by atoms with van der Waals surface area (Å²) in [4.78, 5) is 35.8. The Kier molecular flexibility index (Phi) is 8.62. The van der Waals surface area contributed by atoms with Gasteiger partial charge in [0.1, 0.15) is 11.5 Å². The first-order valence-electron chi connectivity index (χ1n) is 10.8. The Balaban J connectivity index is 1.40. The van der Waals surface area contributed by atoms with E-state index in [1.54, 1.807) is 50.2 Å². The van der Waals surface area contributed by atoms with Crippen LogP contribution in [0.1, 0.15) is 24.2 Å². The van der Waals surface area contributed by atoms with Crippen LogP contribution in [0.5, 0.6) is 11.5 Å². The first-order valence-corrected chi connectivity index (χ1v) is 10.8. The van der Waals surface area contributed by atoms with Crippen LogP contribution >= 0.6 is 0 Å². The van der Waals surface area contributed by atoms with Gasteiger partial charge in [-0.3, -0.25) is 20.4 Å². The Hall–Kier alpha value is -4.33. The number of hydrogen-bond acceptors (Lipinski definition) is 6. The number of carbonyl (C=O) groups excluding carboxylic acids is 3. The summed E-state index contributed by atoms with van der Waals surface area (Å²) in [7, 11) is 0. The molecule has 8 nitrogen and oxygen atoms in total. The summed E-state index contributed by atoms with van der Waals surface area (Å²) in [6.45, 7) is 3.26. The van der Waals surface area contributed by atoms with E-state index in [4.69, 9.17) is 14.2 Å². The second kappa shape index (κ2) is 12.1. The zero-order valence-corrected chi connectivity index (χ0v) is 18.9. The largest absolute Gasteiger partial charge is 0.484 e. The van der Waals surface area contributed by atoms with E-state index < -0.39 is 23.9 Å². The second-order valence-electron chi connectivity index (χ2n) is 7.22. The topological polar surface area (TPSA) is 103 Å². The summed E-state index contributed by atoms with van der Waals surface area (Å²) in [6, 6.07) is 23.5. The van der Waals surface area contributed by atoms with Crippen molar-refractivity contribution in [1.82, 2.24) is 10.9 Å². The molecule has 3 aromatic carbocycles. The lowest BCUT2D eigenvalue weighted by Gasteiger charge is -2.15. The molecule has 1 atom stereocenters. The fraction of sp³-hybridized carbons (Fsp3) is 0.192. The Morgan fingerprint density at radius 3 is 2.06 bits per heavy atom. The Labute approximate surface area is 197 Å². The van der Waals surface area contributed by atoms with Crippen LogP contribution in [0.2, 0.25) is 0 Å². The smallest absolute Gasteiger partial charge is 0.338 e. The molecule has 0 aromatic heterocycles. The molecule has 0 saturated heterocycles. The molecule has 2 N–H and O–H groups in total. The monoisotopic (exact) mass is 462 g/mol. The van der Waals surface area contributed by atoms with Crippen molar-refractivity contribution in [3.63, 3.8) is 0 Å². The zero-order chi connectivity index (χ0) is 24.3. The van der Waals surface area contributed by atoms with Gasteiger partial charge in [-0.25, -0.2) is 4.79 Å². The maximum absolute atomic E-state index is 12.2. The molecule has 8 heteroatoms. The van der Waals surface area contributed by atoms with Crippen molar-refractivity contribution in [3.8, 4) is 22.6 Å². The summed E-state index contributed by atoms with van der Waals surface area (Å²) in [5, 5.41) is 0. The molecule has 176 valence electrons. The molecule has 1 unspecified atom stereocenters. The highest BCUT2D eigenvalue weighted by Gasteiger charge is 2.16. The maximum Gasteiger partial charge on any atom is 0.338 e. The van der Waals surface area contributed by atoms with E-state index in [0.29, 0.717) is 17.1 Å². The van der Waals surface area contributed by atoms with E-state index >= 15 is 0 Å². The van der Waals surface area contributed by atoms with E-state index in [0.717, 1.165) is 11.1 Å². The van der Waals surface area contributed by atoms with Gasteiger partial charge in [-0.15, -0.1) is 0 Å². The predicted octanol–water partition coefficient (Wildman–Crippen LogP) is 3.52.